The van der Waals surface area contributed by atoms with E-state index < -0.39 is 0 Å². The Morgan fingerprint density at radius 2 is 2.28 bits per heavy atom. The summed E-state index contributed by atoms with van der Waals surface area (Å²) in [5.74, 6) is 1.90. The van der Waals surface area contributed by atoms with Gasteiger partial charge >= 0.3 is 0 Å². The van der Waals surface area contributed by atoms with Crippen LogP contribution in [-0.4, -0.2) is 32.8 Å². The van der Waals surface area contributed by atoms with Crippen molar-refractivity contribution in [2.75, 3.05) is 13.1 Å². The van der Waals surface area contributed by atoms with Crippen molar-refractivity contribution < 1.29 is 4.52 Å². The molecule has 0 spiro atoms. The third kappa shape index (κ3) is 2.28. The molecule has 0 radical (unpaired) electrons. The van der Waals surface area contributed by atoms with Crippen molar-refractivity contribution in [2.45, 2.75) is 32.2 Å². The predicted molar refractivity (Wildman–Crippen MR) is 65.2 cm³/mol. The number of hydrogen-bond donors (Lipinski definition) is 1. The quantitative estimate of drug-likeness (QED) is 0.879. The third-order valence-electron chi connectivity index (χ3n) is 3.38. The van der Waals surface area contributed by atoms with Crippen molar-refractivity contribution >= 4 is 0 Å². The molecule has 1 fully saturated rings. The van der Waals surface area contributed by atoms with E-state index in [1.807, 2.05) is 12.5 Å². The molecule has 1 aliphatic heterocycles. The molecule has 18 heavy (non-hydrogen) atoms. The first kappa shape index (κ1) is 11.4. The summed E-state index contributed by atoms with van der Waals surface area (Å²) < 4.78 is 7.12. The molecule has 1 N–H and O–H groups in total. The highest BCUT2D eigenvalue weighted by Gasteiger charge is 2.19. The van der Waals surface area contributed by atoms with Crippen LogP contribution in [0.5, 0.6) is 0 Å². The Labute approximate surface area is 105 Å². The maximum Gasteiger partial charge on any atom is 0.223 e. The molecule has 3 rings (SSSR count). The minimum Gasteiger partial charge on any atom is -0.340 e. The zero-order valence-electron chi connectivity index (χ0n) is 10.5. The van der Waals surface area contributed by atoms with Gasteiger partial charge in [0.1, 0.15) is 0 Å². The molecule has 0 aromatic carbocycles. The molecular weight excluding hydrogens is 230 g/mol. The smallest absolute Gasteiger partial charge is 0.223 e. The second-order valence-electron chi connectivity index (χ2n) is 4.70. The highest BCUT2D eigenvalue weighted by Crippen LogP contribution is 2.25. The molecule has 96 valence electrons. The maximum absolute atomic E-state index is 4.99. The van der Waals surface area contributed by atoms with E-state index in [4.69, 9.17) is 4.52 Å². The number of nitrogens with zero attached hydrogens (tertiary/aromatic N) is 4. The van der Waals surface area contributed by atoms with Crippen LogP contribution in [0.4, 0.5) is 0 Å². The number of piperidine rings is 1. The lowest BCUT2D eigenvalue weighted by molar-refractivity contribution is 0.385. The van der Waals surface area contributed by atoms with Gasteiger partial charge in [0.15, 0.2) is 5.82 Å². The van der Waals surface area contributed by atoms with Crippen molar-refractivity contribution in [1.29, 1.82) is 0 Å². The second kappa shape index (κ2) is 4.89. The normalized spacial score (nSPS) is 17.2. The van der Waals surface area contributed by atoms with Crippen LogP contribution in [0.25, 0.3) is 0 Å². The summed E-state index contributed by atoms with van der Waals surface area (Å²) in [5.41, 5.74) is 1.28. The molecule has 0 bridgehead atoms. The van der Waals surface area contributed by atoms with Gasteiger partial charge in [0, 0.05) is 24.7 Å². The molecule has 0 atom stereocenters. The zero-order chi connectivity index (χ0) is 12.4. The first-order valence-corrected chi connectivity index (χ1v) is 6.33. The lowest BCUT2D eigenvalue weighted by Gasteiger charge is -2.23. The standard InChI is InChI=1S/C12H17N5O/c1-9-15-12(16-18-9)7-17-8-14-6-11(17)10-2-4-13-5-3-10/h6,8,10,13H,2-5,7H2,1H3. The van der Waals surface area contributed by atoms with Gasteiger partial charge in [0.25, 0.3) is 0 Å². The van der Waals surface area contributed by atoms with Crippen LogP contribution in [0.2, 0.25) is 0 Å². The van der Waals surface area contributed by atoms with Crippen LogP contribution in [0.3, 0.4) is 0 Å². The average molecular weight is 247 g/mol. The maximum atomic E-state index is 4.99. The summed E-state index contributed by atoms with van der Waals surface area (Å²) in [4.78, 5) is 8.49. The van der Waals surface area contributed by atoms with Crippen molar-refractivity contribution in [1.82, 2.24) is 25.0 Å². The molecule has 0 aliphatic carbocycles. The molecule has 1 saturated heterocycles. The van der Waals surface area contributed by atoms with E-state index in [0.717, 1.165) is 25.9 Å². The summed E-state index contributed by atoms with van der Waals surface area (Å²) in [5, 5.41) is 7.31. The van der Waals surface area contributed by atoms with Crippen molar-refractivity contribution in [2.24, 2.45) is 0 Å². The van der Waals surface area contributed by atoms with Gasteiger partial charge in [0.2, 0.25) is 5.89 Å². The Bertz CT molecular complexity index is 512. The molecule has 2 aromatic rings. The van der Waals surface area contributed by atoms with E-state index in [9.17, 15) is 0 Å². The van der Waals surface area contributed by atoms with E-state index in [1.165, 1.54) is 5.69 Å². The number of aryl methyl sites for hydroxylation is 1. The summed E-state index contributed by atoms with van der Waals surface area (Å²) in [6.07, 6.45) is 6.14. The van der Waals surface area contributed by atoms with Crippen LogP contribution in [0, 0.1) is 6.92 Å². The van der Waals surface area contributed by atoms with Gasteiger partial charge in [-0.05, 0) is 25.9 Å². The lowest BCUT2D eigenvalue weighted by atomic mass is 9.95. The zero-order valence-corrected chi connectivity index (χ0v) is 10.5. The molecule has 0 unspecified atom stereocenters. The Morgan fingerprint density at radius 1 is 1.44 bits per heavy atom. The highest BCUT2D eigenvalue weighted by molar-refractivity contribution is 5.09. The Balaban J connectivity index is 1.78. The number of hydrogen-bond acceptors (Lipinski definition) is 5. The highest BCUT2D eigenvalue weighted by atomic mass is 16.5. The molecule has 3 heterocycles. The van der Waals surface area contributed by atoms with Gasteiger partial charge in [-0.25, -0.2) is 4.98 Å². The Morgan fingerprint density at radius 3 is 3.00 bits per heavy atom. The van der Waals surface area contributed by atoms with Crippen molar-refractivity contribution in [3.05, 3.63) is 29.9 Å². The monoisotopic (exact) mass is 247 g/mol. The van der Waals surface area contributed by atoms with Crippen LogP contribution in [-0.2, 0) is 6.54 Å². The minimum atomic E-state index is 0.585. The topological polar surface area (TPSA) is 68.8 Å². The number of imidazole rings is 1. The summed E-state index contributed by atoms with van der Waals surface area (Å²) >= 11 is 0. The fourth-order valence-corrected chi connectivity index (χ4v) is 2.48. The first-order chi connectivity index (χ1) is 8.83. The van der Waals surface area contributed by atoms with Gasteiger partial charge < -0.3 is 14.4 Å². The Hall–Kier alpha value is -1.69. The van der Waals surface area contributed by atoms with Gasteiger partial charge in [0.05, 0.1) is 12.9 Å². The third-order valence-corrected chi connectivity index (χ3v) is 3.38. The van der Waals surface area contributed by atoms with Crippen molar-refractivity contribution in [3.63, 3.8) is 0 Å². The molecule has 6 heteroatoms. The molecule has 0 saturated carbocycles. The Kier molecular flexibility index (Phi) is 3.10. The summed E-state index contributed by atoms with van der Waals surface area (Å²) in [6.45, 7) is 4.60. The van der Waals surface area contributed by atoms with Gasteiger partial charge in [-0.1, -0.05) is 5.16 Å². The van der Waals surface area contributed by atoms with Crippen LogP contribution in [0.15, 0.2) is 17.0 Å². The molecule has 6 nitrogen and oxygen atoms in total. The molecule has 1 aliphatic rings. The van der Waals surface area contributed by atoms with Crippen LogP contribution >= 0.6 is 0 Å². The number of aromatic nitrogens is 4. The lowest BCUT2D eigenvalue weighted by Crippen LogP contribution is -2.27. The molecule has 2 aromatic heterocycles. The van der Waals surface area contributed by atoms with E-state index in [0.29, 0.717) is 24.2 Å². The first-order valence-electron chi connectivity index (χ1n) is 6.33. The SMILES string of the molecule is Cc1nc(Cn2cncc2C2CCNCC2)no1. The molecular formula is C12H17N5O. The van der Waals surface area contributed by atoms with Crippen LogP contribution in [0.1, 0.15) is 36.2 Å². The van der Waals surface area contributed by atoms with Gasteiger partial charge in [-0.2, -0.15) is 4.98 Å². The number of nitrogens with one attached hydrogen (secondary N) is 1. The molecule has 0 amide bonds. The van der Waals surface area contributed by atoms with E-state index >= 15 is 0 Å². The number of rotatable bonds is 3. The van der Waals surface area contributed by atoms with Gasteiger partial charge in [-0.15, -0.1) is 0 Å². The largest absolute Gasteiger partial charge is 0.340 e. The van der Waals surface area contributed by atoms with E-state index in [-0.39, 0.29) is 0 Å². The second-order valence-corrected chi connectivity index (χ2v) is 4.70. The minimum absolute atomic E-state index is 0.585. The fraction of sp³-hybridized carbons (Fsp3) is 0.583. The summed E-state index contributed by atoms with van der Waals surface area (Å²) in [6, 6.07) is 0. The fourth-order valence-electron chi connectivity index (χ4n) is 2.48. The van der Waals surface area contributed by atoms with Crippen molar-refractivity contribution in [3.8, 4) is 0 Å². The van der Waals surface area contributed by atoms with E-state index in [1.54, 1.807) is 6.92 Å². The van der Waals surface area contributed by atoms with E-state index in [2.05, 4.69) is 25.0 Å². The summed E-state index contributed by atoms with van der Waals surface area (Å²) in [7, 11) is 0. The van der Waals surface area contributed by atoms with Gasteiger partial charge in [-0.3, -0.25) is 0 Å². The van der Waals surface area contributed by atoms with Crippen LogP contribution < -0.4 is 5.32 Å². The average Bonchev–Trinajstić information content (AvgIpc) is 3.00. The predicted octanol–water partition coefficient (Wildman–Crippen LogP) is 1.09.